The molecule has 1 aromatic carbocycles. The first kappa shape index (κ1) is 16.1. The van der Waals surface area contributed by atoms with Gasteiger partial charge in [-0.2, -0.15) is 5.26 Å². The van der Waals surface area contributed by atoms with E-state index < -0.39 is 0 Å². The third kappa shape index (κ3) is 3.43. The lowest BCUT2D eigenvalue weighted by molar-refractivity contribution is 0.503. The molecule has 3 rings (SSSR count). The summed E-state index contributed by atoms with van der Waals surface area (Å²) in [4.78, 5) is 15.1. The van der Waals surface area contributed by atoms with Crippen LogP contribution >= 0.6 is 0 Å². The number of hydrogen-bond donors (Lipinski definition) is 0. The fraction of sp³-hybridized carbons (Fsp3) is 0.556. The Morgan fingerprint density at radius 1 is 1.30 bits per heavy atom. The molecule has 2 aliphatic heterocycles. The SMILES string of the molecule is CC(C)Cc1ccc(C#N)c(N2CC3CN([B]C=O)CC3C2)c1. The summed E-state index contributed by atoms with van der Waals surface area (Å²) in [7, 11) is 1.66. The summed E-state index contributed by atoms with van der Waals surface area (Å²) in [5, 5.41) is 9.44. The van der Waals surface area contributed by atoms with E-state index in [1.165, 1.54) is 5.56 Å². The molecule has 2 atom stereocenters. The second-order valence-corrected chi connectivity index (χ2v) is 7.23. The monoisotopic (exact) mass is 308 g/mol. The molecule has 23 heavy (non-hydrogen) atoms. The van der Waals surface area contributed by atoms with Crippen LogP contribution < -0.4 is 4.90 Å². The van der Waals surface area contributed by atoms with Crippen molar-refractivity contribution in [2.45, 2.75) is 20.3 Å². The number of benzene rings is 1. The number of carbonyl (C=O) groups is 1. The van der Waals surface area contributed by atoms with Gasteiger partial charge in [-0.1, -0.05) is 19.9 Å². The van der Waals surface area contributed by atoms with Gasteiger partial charge in [-0.05, 0) is 55.0 Å². The Balaban J connectivity index is 1.75. The zero-order chi connectivity index (χ0) is 16.4. The Hall–Kier alpha value is -1.80. The van der Waals surface area contributed by atoms with E-state index in [9.17, 15) is 10.1 Å². The van der Waals surface area contributed by atoms with Crippen LogP contribution in [0.15, 0.2) is 18.2 Å². The molecular weight excluding hydrogens is 285 g/mol. The molecule has 2 heterocycles. The summed E-state index contributed by atoms with van der Waals surface area (Å²) in [6.45, 7) is 8.30. The van der Waals surface area contributed by atoms with E-state index in [1.807, 2.05) is 6.07 Å². The lowest BCUT2D eigenvalue weighted by Crippen LogP contribution is -2.32. The average Bonchev–Trinajstić information content (AvgIpc) is 3.05. The Kier molecular flexibility index (Phi) is 4.72. The smallest absolute Gasteiger partial charge is 0.293 e. The van der Waals surface area contributed by atoms with E-state index >= 15 is 0 Å². The van der Waals surface area contributed by atoms with Gasteiger partial charge in [0.25, 0.3) is 7.41 Å². The minimum absolute atomic E-state index is 0.589. The number of nitriles is 1. The molecule has 1 radical (unpaired) electrons. The van der Waals surface area contributed by atoms with Crippen molar-refractivity contribution >= 4 is 19.3 Å². The molecule has 0 spiro atoms. The van der Waals surface area contributed by atoms with Gasteiger partial charge in [0.2, 0.25) is 0 Å². The molecule has 2 saturated heterocycles. The number of carbonyl (C=O) groups excluding carboxylic acids is 1. The van der Waals surface area contributed by atoms with Gasteiger partial charge in [-0.25, -0.2) is 0 Å². The first-order chi connectivity index (χ1) is 11.1. The van der Waals surface area contributed by atoms with E-state index in [0.717, 1.165) is 50.0 Å². The molecule has 2 aliphatic rings. The van der Waals surface area contributed by atoms with Crippen molar-refractivity contribution in [2.24, 2.45) is 17.8 Å². The van der Waals surface area contributed by atoms with Crippen LogP contribution in [0.4, 0.5) is 5.69 Å². The lowest BCUT2D eigenvalue weighted by Gasteiger charge is -2.24. The molecule has 0 aliphatic carbocycles. The van der Waals surface area contributed by atoms with Crippen LogP contribution in [-0.4, -0.2) is 44.6 Å². The van der Waals surface area contributed by atoms with Crippen LogP contribution in [0.5, 0.6) is 0 Å². The number of hydrogen-bond acceptors (Lipinski definition) is 4. The van der Waals surface area contributed by atoms with Crippen LogP contribution in [-0.2, 0) is 11.2 Å². The summed E-state index contributed by atoms with van der Waals surface area (Å²) in [6, 6.07) is 8.60. The van der Waals surface area contributed by atoms with Crippen molar-refractivity contribution in [3.8, 4) is 6.07 Å². The van der Waals surface area contributed by atoms with Crippen molar-refractivity contribution in [1.82, 2.24) is 4.81 Å². The van der Waals surface area contributed by atoms with Gasteiger partial charge in [0.15, 0.2) is 0 Å². The molecule has 0 aromatic heterocycles. The van der Waals surface area contributed by atoms with Gasteiger partial charge in [0.05, 0.1) is 17.4 Å². The van der Waals surface area contributed by atoms with Crippen molar-refractivity contribution in [2.75, 3.05) is 31.1 Å². The largest absolute Gasteiger partial charge is 0.370 e. The first-order valence-electron chi connectivity index (χ1n) is 8.41. The molecule has 5 heteroatoms. The van der Waals surface area contributed by atoms with Crippen LogP contribution in [0.25, 0.3) is 0 Å². The Morgan fingerprint density at radius 3 is 2.57 bits per heavy atom. The summed E-state index contributed by atoms with van der Waals surface area (Å²) in [6.07, 6.45) is 1.92. The highest BCUT2D eigenvalue weighted by Crippen LogP contribution is 2.35. The summed E-state index contributed by atoms with van der Waals surface area (Å²) in [5.41, 5.74) is 3.17. The second-order valence-electron chi connectivity index (χ2n) is 7.23. The van der Waals surface area contributed by atoms with Gasteiger partial charge < -0.3 is 14.5 Å². The lowest BCUT2D eigenvalue weighted by atomic mass is 9.95. The standard InChI is InChI=1S/C18H23BN3O/c1-13(2)5-14-3-4-15(7-20)18(6-14)21-8-16-10-22(19-12-23)11-17(16)9-21/h3-4,6,12-13,16-17H,5,8-11H2,1-2H3. The maximum Gasteiger partial charge on any atom is 0.293 e. The maximum absolute atomic E-state index is 10.6. The normalized spacial score (nSPS) is 23.8. The van der Waals surface area contributed by atoms with Gasteiger partial charge in [-0.15, -0.1) is 0 Å². The summed E-state index contributed by atoms with van der Waals surface area (Å²) < 4.78 is 0. The van der Waals surface area contributed by atoms with E-state index in [1.54, 1.807) is 7.41 Å². The summed E-state index contributed by atoms with van der Waals surface area (Å²) >= 11 is 0. The molecule has 2 fully saturated rings. The van der Waals surface area contributed by atoms with Crippen molar-refractivity contribution < 1.29 is 4.79 Å². The maximum atomic E-state index is 10.6. The number of rotatable bonds is 5. The topological polar surface area (TPSA) is 47.3 Å². The minimum Gasteiger partial charge on any atom is -0.370 e. The molecule has 0 bridgehead atoms. The highest BCUT2D eigenvalue weighted by Gasteiger charge is 2.40. The Labute approximate surface area is 139 Å². The van der Waals surface area contributed by atoms with E-state index in [2.05, 4.69) is 41.8 Å². The highest BCUT2D eigenvalue weighted by molar-refractivity contribution is 6.64. The zero-order valence-corrected chi connectivity index (χ0v) is 13.9. The van der Waals surface area contributed by atoms with Crippen molar-refractivity contribution in [1.29, 1.82) is 5.26 Å². The van der Waals surface area contributed by atoms with Crippen LogP contribution in [0.1, 0.15) is 25.0 Å². The molecule has 0 amide bonds. The quantitative estimate of drug-likeness (QED) is 0.616. The number of nitrogens with zero attached hydrogens (tertiary/aromatic N) is 3. The van der Waals surface area contributed by atoms with Crippen LogP contribution in [0, 0.1) is 29.1 Å². The molecule has 119 valence electrons. The predicted molar refractivity (Wildman–Crippen MR) is 93.0 cm³/mol. The van der Waals surface area contributed by atoms with Gasteiger partial charge in [0.1, 0.15) is 6.07 Å². The molecule has 2 unspecified atom stereocenters. The number of anilines is 1. The molecule has 0 N–H and O–H groups in total. The first-order valence-corrected chi connectivity index (χ1v) is 8.41. The third-order valence-corrected chi connectivity index (χ3v) is 4.95. The zero-order valence-electron chi connectivity index (χ0n) is 13.9. The third-order valence-electron chi connectivity index (χ3n) is 4.95. The van der Waals surface area contributed by atoms with E-state index in [4.69, 9.17) is 0 Å². The van der Waals surface area contributed by atoms with Gasteiger partial charge in [-0.3, -0.25) is 0 Å². The molecule has 4 nitrogen and oxygen atoms in total. The Bertz CT molecular complexity index is 611. The fourth-order valence-electron chi connectivity index (χ4n) is 3.97. The van der Waals surface area contributed by atoms with Crippen molar-refractivity contribution in [3.05, 3.63) is 29.3 Å². The van der Waals surface area contributed by atoms with Gasteiger partial charge in [0, 0.05) is 13.1 Å². The molecule has 0 saturated carbocycles. The summed E-state index contributed by atoms with van der Waals surface area (Å²) in [5.74, 6) is 1.79. The van der Waals surface area contributed by atoms with Crippen LogP contribution in [0.3, 0.4) is 0 Å². The second kappa shape index (κ2) is 6.76. The molecule has 1 aromatic rings. The van der Waals surface area contributed by atoms with Gasteiger partial charge >= 0.3 is 0 Å². The molecular formula is C18H23BN3O. The van der Waals surface area contributed by atoms with Crippen molar-refractivity contribution in [3.63, 3.8) is 0 Å². The Morgan fingerprint density at radius 2 is 2.00 bits per heavy atom. The highest BCUT2D eigenvalue weighted by atomic mass is 16.1. The number of fused-ring (bicyclic) bond motifs is 1. The fourth-order valence-corrected chi connectivity index (χ4v) is 3.97. The average molecular weight is 308 g/mol. The van der Waals surface area contributed by atoms with E-state index in [-0.39, 0.29) is 0 Å². The van der Waals surface area contributed by atoms with Crippen LogP contribution in [0.2, 0.25) is 0 Å². The minimum atomic E-state index is 0.589. The van der Waals surface area contributed by atoms with E-state index in [0.29, 0.717) is 17.8 Å². The predicted octanol–water partition coefficient (Wildman–Crippen LogP) is 1.93.